The summed E-state index contributed by atoms with van der Waals surface area (Å²) >= 11 is 0. The van der Waals surface area contributed by atoms with E-state index in [-0.39, 0.29) is 18.0 Å². The van der Waals surface area contributed by atoms with E-state index in [1.54, 1.807) is 14.0 Å². The van der Waals surface area contributed by atoms with Crippen molar-refractivity contribution in [1.29, 1.82) is 0 Å². The lowest BCUT2D eigenvalue weighted by molar-refractivity contribution is -0.130. The molecule has 7 heteroatoms. The third-order valence-corrected chi connectivity index (χ3v) is 2.63. The molecule has 0 aromatic carbocycles. The molecule has 0 aliphatic heterocycles. The number of nitrogens with one attached hydrogen (secondary N) is 1. The fourth-order valence-corrected chi connectivity index (χ4v) is 1.34. The average molecular weight is 253 g/mol. The molecule has 1 N–H and O–H groups in total. The van der Waals surface area contributed by atoms with Gasteiger partial charge in [0, 0.05) is 19.8 Å². The summed E-state index contributed by atoms with van der Waals surface area (Å²) in [5, 5.41) is 0. The van der Waals surface area contributed by atoms with Gasteiger partial charge in [-0.15, -0.1) is 0 Å². The summed E-state index contributed by atoms with van der Waals surface area (Å²) in [7, 11) is 1.57. The first-order valence-corrected chi connectivity index (χ1v) is 5.45. The number of carbonyl (C=O) groups is 2. The van der Waals surface area contributed by atoms with Crippen LogP contribution in [0.5, 0.6) is 0 Å². The Bertz CT molecular complexity index is 585. The fraction of sp³-hybridized carbons (Fsp3) is 0.455. The number of aromatic amines is 1. The van der Waals surface area contributed by atoms with Crippen LogP contribution >= 0.6 is 0 Å². The normalized spacial score (nSPS) is 10.2. The second-order valence-corrected chi connectivity index (χ2v) is 3.86. The maximum Gasteiger partial charge on any atom is 0.328 e. The Morgan fingerprint density at radius 1 is 1.39 bits per heavy atom. The molecule has 0 fully saturated rings. The fourth-order valence-electron chi connectivity index (χ4n) is 1.34. The summed E-state index contributed by atoms with van der Waals surface area (Å²) in [5.74, 6) is -0.827. The molecule has 1 heterocycles. The number of rotatable bonds is 4. The first-order valence-electron chi connectivity index (χ1n) is 5.45. The molecule has 0 aliphatic rings. The van der Waals surface area contributed by atoms with E-state index in [2.05, 4.69) is 4.98 Å². The topological polar surface area (TPSA) is 92.2 Å². The largest absolute Gasteiger partial charge is 0.344 e. The van der Waals surface area contributed by atoms with Crippen molar-refractivity contribution in [3.8, 4) is 0 Å². The van der Waals surface area contributed by atoms with Crippen LogP contribution in [0.2, 0.25) is 0 Å². The summed E-state index contributed by atoms with van der Waals surface area (Å²) < 4.78 is 0.727. The Hall–Kier alpha value is -2.18. The number of Topliss-reactive ketones (excluding diaryl/α,β-unsaturated/α-hetero) is 1. The third-order valence-electron chi connectivity index (χ3n) is 2.63. The zero-order valence-electron chi connectivity index (χ0n) is 10.5. The van der Waals surface area contributed by atoms with Gasteiger partial charge in [0.05, 0.1) is 5.56 Å². The Kier molecular flexibility index (Phi) is 4.19. The average Bonchev–Trinajstić information content (AvgIpc) is 2.32. The Labute approximate surface area is 103 Å². The lowest BCUT2D eigenvalue weighted by Gasteiger charge is -2.14. The van der Waals surface area contributed by atoms with Gasteiger partial charge in [0.1, 0.15) is 6.54 Å². The van der Waals surface area contributed by atoms with Crippen molar-refractivity contribution in [2.24, 2.45) is 0 Å². The predicted molar refractivity (Wildman–Crippen MR) is 64.6 cm³/mol. The lowest BCUT2D eigenvalue weighted by atomic mass is 10.2. The molecule has 0 bridgehead atoms. The van der Waals surface area contributed by atoms with Crippen LogP contribution in [-0.2, 0) is 11.3 Å². The highest BCUT2D eigenvalue weighted by Crippen LogP contribution is 1.90. The number of H-pyrrole nitrogens is 1. The van der Waals surface area contributed by atoms with Gasteiger partial charge in [-0.1, -0.05) is 0 Å². The van der Waals surface area contributed by atoms with E-state index in [9.17, 15) is 19.2 Å². The van der Waals surface area contributed by atoms with Crippen LogP contribution in [0.25, 0.3) is 0 Å². The minimum absolute atomic E-state index is 0.137. The van der Waals surface area contributed by atoms with E-state index in [0.29, 0.717) is 6.54 Å². The number of likely N-dealkylation sites (N-methyl/N-ethyl adjacent to an activating group) is 1. The molecule has 0 spiro atoms. The van der Waals surface area contributed by atoms with Gasteiger partial charge >= 0.3 is 5.69 Å². The van der Waals surface area contributed by atoms with Crippen LogP contribution in [0.15, 0.2) is 15.8 Å². The van der Waals surface area contributed by atoms with Gasteiger partial charge in [0.2, 0.25) is 5.91 Å². The van der Waals surface area contributed by atoms with Crippen LogP contribution in [0.3, 0.4) is 0 Å². The highest BCUT2D eigenvalue weighted by Gasteiger charge is 2.15. The van der Waals surface area contributed by atoms with Crippen molar-refractivity contribution in [2.45, 2.75) is 20.4 Å². The first kappa shape index (κ1) is 13.9. The summed E-state index contributed by atoms with van der Waals surface area (Å²) in [5.41, 5.74) is -1.59. The van der Waals surface area contributed by atoms with Crippen molar-refractivity contribution < 1.29 is 9.59 Å². The van der Waals surface area contributed by atoms with E-state index in [1.807, 2.05) is 0 Å². The highest BCUT2D eigenvalue weighted by atomic mass is 16.2. The van der Waals surface area contributed by atoms with E-state index in [1.165, 1.54) is 11.8 Å². The van der Waals surface area contributed by atoms with Gasteiger partial charge in [-0.05, 0) is 13.8 Å². The van der Waals surface area contributed by atoms with Crippen molar-refractivity contribution in [1.82, 2.24) is 14.5 Å². The number of nitrogens with zero attached hydrogens (tertiary/aromatic N) is 2. The molecular formula is C11H15N3O4. The molecule has 1 aromatic rings. The molecule has 0 saturated carbocycles. The van der Waals surface area contributed by atoms with Crippen LogP contribution < -0.4 is 11.2 Å². The number of carbonyl (C=O) groups excluding carboxylic acids is 2. The van der Waals surface area contributed by atoms with Gasteiger partial charge in [-0.2, -0.15) is 0 Å². The van der Waals surface area contributed by atoms with Gasteiger partial charge < -0.3 is 9.88 Å². The number of hydrogen-bond acceptors (Lipinski definition) is 4. The van der Waals surface area contributed by atoms with Crippen LogP contribution in [0.4, 0.5) is 0 Å². The summed E-state index contributed by atoms with van der Waals surface area (Å²) in [6.45, 7) is 3.09. The molecular weight excluding hydrogens is 238 g/mol. The zero-order chi connectivity index (χ0) is 13.9. The molecule has 1 rings (SSSR count). The summed E-state index contributed by atoms with van der Waals surface area (Å²) in [4.78, 5) is 49.8. The number of amides is 1. The van der Waals surface area contributed by atoms with E-state index in [0.717, 1.165) is 10.8 Å². The molecule has 0 atom stereocenters. The number of aromatic nitrogens is 2. The maximum absolute atomic E-state index is 11.8. The minimum Gasteiger partial charge on any atom is -0.344 e. The maximum atomic E-state index is 11.8. The molecule has 1 aromatic heterocycles. The SMILES string of the molecule is CCN(C)C(=O)Cn1c(=O)[nH]cc(C(C)=O)c1=O. The zero-order valence-corrected chi connectivity index (χ0v) is 10.5. The van der Waals surface area contributed by atoms with Crippen molar-refractivity contribution in [3.05, 3.63) is 32.6 Å². The summed E-state index contributed by atoms with van der Waals surface area (Å²) in [6.07, 6.45) is 1.07. The summed E-state index contributed by atoms with van der Waals surface area (Å²) in [6, 6.07) is 0. The Morgan fingerprint density at radius 3 is 2.50 bits per heavy atom. The second kappa shape index (κ2) is 5.44. The monoisotopic (exact) mass is 253 g/mol. The van der Waals surface area contributed by atoms with Crippen LogP contribution in [0.1, 0.15) is 24.2 Å². The highest BCUT2D eigenvalue weighted by molar-refractivity contribution is 5.93. The number of ketones is 1. The molecule has 0 saturated heterocycles. The molecule has 98 valence electrons. The van der Waals surface area contributed by atoms with Crippen LogP contribution in [0, 0.1) is 0 Å². The smallest absolute Gasteiger partial charge is 0.328 e. The standard InChI is InChI=1S/C11H15N3O4/c1-4-13(3)9(16)6-14-10(17)8(7(2)15)5-12-11(14)18/h5H,4,6H2,1-3H3,(H,12,18). The van der Waals surface area contributed by atoms with Gasteiger partial charge in [0.25, 0.3) is 5.56 Å². The molecule has 0 aliphatic carbocycles. The predicted octanol–water partition coefficient (Wildman–Crippen LogP) is -0.782. The number of hydrogen-bond donors (Lipinski definition) is 1. The van der Waals surface area contributed by atoms with Crippen molar-refractivity contribution in [3.63, 3.8) is 0 Å². The molecule has 18 heavy (non-hydrogen) atoms. The lowest BCUT2D eigenvalue weighted by Crippen LogP contribution is -2.42. The van der Waals surface area contributed by atoms with Gasteiger partial charge in [0.15, 0.2) is 5.78 Å². The third kappa shape index (κ3) is 2.73. The quantitative estimate of drug-likeness (QED) is 0.712. The molecule has 1 amide bonds. The Balaban J connectivity index is 3.21. The van der Waals surface area contributed by atoms with Gasteiger partial charge in [-0.25, -0.2) is 4.79 Å². The van der Waals surface area contributed by atoms with Crippen molar-refractivity contribution >= 4 is 11.7 Å². The van der Waals surface area contributed by atoms with Crippen molar-refractivity contribution in [2.75, 3.05) is 13.6 Å². The molecule has 0 unspecified atom stereocenters. The second-order valence-electron chi connectivity index (χ2n) is 3.86. The molecule has 7 nitrogen and oxygen atoms in total. The van der Waals surface area contributed by atoms with E-state index < -0.39 is 17.0 Å². The molecule has 0 radical (unpaired) electrons. The first-order chi connectivity index (χ1) is 8.38. The minimum atomic E-state index is -0.746. The Morgan fingerprint density at radius 2 is 2.00 bits per heavy atom. The van der Waals surface area contributed by atoms with E-state index >= 15 is 0 Å². The van der Waals surface area contributed by atoms with Gasteiger partial charge in [-0.3, -0.25) is 19.0 Å². The van der Waals surface area contributed by atoms with Crippen LogP contribution in [-0.4, -0.2) is 39.7 Å². The van der Waals surface area contributed by atoms with E-state index in [4.69, 9.17) is 0 Å².